The number of nitrogens with one attached hydrogen (secondary N) is 3. The molecule has 5 heteroatoms. The van der Waals surface area contributed by atoms with E-state index in [0.717, 1.165) is 44.5 Å². The van der Waals surface area contributed by atoms with Gasteiger partial charge in [0.1, 0.15) is 13.1 Å². The summed E-state index contributed by atoms with van der Waals surface area (Å²) in [6, 6.07) is 0.616. The summed E-state index contributed by atoms with van der Waals surface area (Å²) in [6.07, 6.45) is 5.24. The Bertz CT molecular complexity index is 238. The van der Waals surface area contributed by atoms with E-state index < -0.39 is 0 Å². The quantitative estimate of drug-likeness (QED) is 0.584. The van der Waals surface area contributed by atoms with Crippen molar-refractivity contribution in [2.75, 3.05) is 39.4 Å². The molecule has 0 atom stereocenters. The van der Waals surface area contributed by atoms with Gasteiger partial charge < -0.3 is 20.3 Å². The topological polar surface area (TPSA) is 37.7 Å². The third-order valence-corrected chi connectivity index (χ3v) is 3.92. The zero-order valence-corrected chi connectivity index (χ0v) is 11.3. The summed E-state index contributed by atoms with van der Waals surface area (Å²) < 4.78 is 5.34. The Morgan fingerprint density at radius 1 is 1.24 bits per heavy atom. The first-order chi connectivity index (χ1) is 8.34. The Morgan fingerprint density at radius 2 is 1.94 bits per heavy atom. The Hall–Kier alpha value is -0.390. The van der Waals surface area contributed by atoms with Crippen LogP contribution in [0.15, 0.2) is 0 Å². The fraction of sp³-hybridized carbons (Fsp3) is 0.917. The number of thiocarbonyl (C=S) groups is 1. The van der Waals surface area contributed by atoms with Crippen LogP contribution in [-0.2, 0) is 4.74 Å². The van der Waals surface area contributed by atoms with E-state index in [1.165, 1.54) is 25.7 Å². The largest absolute Gasteiger partial charge is 0.370 e. The fourth-order valence-corrected chi connectivity index (χ4v) is 2.84. The van der Waals surface area contributed by atoms with E-state index in [9.17, 15) is 0 Å². The second kappa shape index (κ2) is 7.13. The molecule has 0 aromatic rings. The van der Waals surface area contributed by atoms with Gasteiger partial charge >= 0.3 is 0 Å². The monoisotopic (exact) mass is 258 g/mol. The molecular weight excluding hydrogens is 234 g/mol. The van der Waals surface area contributed by atoms with Crippen LogP contribution in [0.4, 0.5) is 0 Å². The summed E-state index contributed by atoms with van der Waals surface area (Å²) in [5, 5.41) is 7.56. The van der Waals surface area contributed by atoms with Crippen LogP contribution in [-0.4, -0.2) is 50.5 Å². The lowest BCUT2D eigenvalue weighted by molar-refractivity contribution is -0.906. The molecule has 1 saturated carbocycles. The Morgan fingerprint density at radius 3 is 2.65 bits per heavy atom. The fourth-order valence-electron chi connectivity index (χ4n) is 2.57. The van der Waals surface area contributed by atoms with Gasteiger partial charge in [-0.25, -0.2) is 0 Å². The van der Waals surface area contributed by atoms with Crippen molar-refractivity contribution in [3.63, 3.8) is 0 Å². The van der Waals surface area contributed by atoms with Crippen LogP contribution in [0.2, 0.25) is 0 Å². The molecule has 0 aromatic carbocycles. The molecule has 1 aliphatic carbocycles. The SMILES string of the molecule is S=C(NCC[NH+]1CCOCC1)NC1CCCC1. The van der Waals surface area contributed by atoms with E-state index >= 15 is 0 Å². The summed E-state index contributed by atoms with van der Waals surface area (Å²) >= 11 is 5.30. The molecule has 17 heavy (non-hydrogen) atoms. The second-order valence-corrected chi connectivity index (χ2v) is 5.40. The molecule has 2 aliphatic rings. The van der Waals surface area contributed by atoms with Crippen LogP contribution >= 0.6 is 12.2 Å². The maximum Gasteiger partial charge on any atom is 0.166 e. The van der Waals surface area contributed by atoms with Gasteiger partial charge in [-0.2, -0.15) is 0 Å². The minimum absolute atomic E-state index is 0.616. The Labute approximate surface area is 109 Å². The van der Waals surface area contributed by atoms with Crippen LogP contribution in [0.1, 0.15) is 25.7 Å². The molecule has 4 nitrogen and oxygen atoms in total. The minimum Gasteiger partial charge on any atom is -0.370 e. The molecule has 0 spiro atoms. The van der Waals surface area contributed by atoms with Crippen molar-refractivity contribution >= 4 is 17.3 Å². The zero-order chi connectivity index (χ0) is 11.9. The number of morpholine rings is 1. The molecular formula is C12H24N3OS+. The van der Waals surface area contributed by atoms with Gasteiger partial charge in [0.2, 0.25) is 0 Å². The highest BCUT2D eigenvalue weighted by atomic mass is 32.1. The van der Waals surface area contributed by atoms with Crippen LogP contribution in [0.25, 0.3) is 0 Å². The average Bonchev–Trinajstić information content (AvgIpc) is 2.83. The van der Waals surface area contributed by atoms with E-state index in [-0.39, 0.29) is 0 Å². The van der Waals surface area contributed by atoms with E-state index in [0.29, 0.717) is 6.04 Å². The summed E-state index contributed by atoms with van der Waals surface area (Å²) in [5.74, 6) is 0. The molecule has 0 unspecified atom stereocenters. The van der Waals surface area contributed by atoms with Crippen molar-refractivity contribution in [2.24, 2.45) is 0 Å². The van der Waals surface area contributed by atoms with Gasteiger partial charge in [-0.15, -0.1) is 0 Å². The summed E-state index contributed by atoms with van der Waals surface area (Å²) in [5.41, 5.74) is 0. The molecule has 2 rings (SSSR count). The maximum absolute atomic E-state index is 5.34. The highest BCUT2D eigenvalue weighted by molar-refractivity contribution is 7.80. The van der Waals surface area contributed by atoms with E-state index in [2.05, 4.69) is 10.6 Å². The van der Waals surface area contributed by atoms with Crippen LogP contribution in [0, 0.1) is 0 Å². The predicted octanol–water partition coefficient (Wildman–Crippen LogP) is -0.692. The van der Waals surface area contributed by atoms with Crippen LogP contribution in [0.3, 0.4) is 0 Å². The smallest absolute Gasteiger partial charge is 0.166 e. The van der Waals surface area contributed by atoms with Crippen molar-refractivity contribution in [2.45, 2.75) is 31.7 Å². The van der Waals surface area contributed by atoms with E-state index in [1.54, 1.807) is 4.90 Å². The molecule has 3 N–H and O–H groups in total. The third kappa shape index (κ3) is 4.77. The van der Waals surface area contributed by atoms with Gasteiger partial charge in [0, 0.05) is 6.04 Å². The number of hydrogen-bond donors (Lipinski definition) is 3. The summed E-state index contributed by atoms with van der Waals surface area (Å²) in [7, 11) is 0. The molecule has 0 bridgehead atoms. The molecule has 0 amide bonds. The van der Waals surface area contributed by atoms with Gasteiger partial charge in [-0.1, -0.05) is 12.8 Å². The lowest BCUT2D eigenvalue weighted by Gasteiger charge is -2.24. The van der Waals surface area contributed by atoms with Crippen molar-refractivity contribution < 1.29 is 9.64 Å². The molecule has 0 aromatic heterocycles. The van der Waals surface area contributed by atoms with Gasteiger partial charge in [0.15, 0.2) is 5.11 Å². The zero-order valence-electron chi connectivity index (χ0n) is 10.5. The highest BCUT2D eigenvalue weighted by Crippen LogP contribution is 2.17. The standard InChI is InChI=1S/C12H23N3OS/c17-12(14-11-3-1-2-4-11)13-5-6-15-7-9-16-10-8-15/h11H,1-10H2,(H2,13,14,17)/p+1. The number of ether oxygens (including phenoxy) is 1. The highest BCUT2D eigenvalue weighted by Gasteiger charge is 2.16. The Balaban J connectivity index is 1.53. The second-order valence-electron chi connectivity index (χ2n) is 4.99. The minimum atomic E-state index is 0.616. The first-order valence-electron chi connectivity index (χ1n) is 6.80. The van der Waals surface area contributed by atoms with Crippen molar-refractivity contribution in [1.29, 1.82) is 0 Å². The lowest BCUT2D eigenvalue weighted by Crippen LogP contribution is -3.14. The normalized spacial score (nSPS) is 22.6. The molecule has 1 aliphatic heterocycles. The predicted molar refractivity (Wildman–Crippen MR) is 72.4 cm³/mol. The summed E-state index contributed by atoms with van der Waals surface area (Å²) in [6.45, 7) is 6.17. The molecule has 1 saturated heterocycles. The first kappa shape index (κ1) is 13.1. The average molecular weight is 258 g/mol. The van der Waals surface area contributed by atoms with Crippen molar-refractivity contribution in [3.05, 3.63) is 0 Å². The van der Waals surface area contributed by atoms with Gasteiger partial charge in [-0.3, -0.25) is 0 Å². The van der Waals surface area contributed by atoms with Gasteiger partial charge in [0.05, 0.1) is 26.3 Å². The number of quaternary nitrogens is 1. The lowest BCUT2D eigenvalue weighted by atomic mass is 10.3. The number of rotatable bonds is 4. The van der Waals surface area contributed by atoms with Crippen molar-refractivity contribution in [1.82, 2.24) is 10.6 Å². The van der Waals surface area contributed by atoms with Crippen LogP contribution in [0.5, 0.6) is 0 Å². The van der Waals surface area contributed by atoms with Crippen molar-refractivity contribution in [3.8, 4) is 0 Å². The molecule has 0 radical (unpaired) electrons. The molecule has 98 valence electrons. The van der Waals surface area contributed by atoms with E-state index in [1.807, 2.05) is 0 Å². The molecule has 1 heterocycles. The van der Waals surface area contributed by atoms with Gasteiger partial charge in [-0.05, 0) is 25.1 Å². The van der Waals surface area contributed by atoms with E-state index in [4.69, 9.17) is 17.0 Å². The maximum atomic E-state index is 5.34. The first-order valence-corrected chi connectivity index (χ1v) is 7.21. The van der Waals surface area contributed by atoms with Gasteiger partial charge in [0.25, 0.3) is 0 Å². The number of hydrogen-bond acceptors (Lipinski definition) is 2. The summed E-state index contributed by atoms with van der Waals surface area (Å²) in [4.78, 5) is 1.62. The van der Waals surface area contributed by atoms with Crippen LogP contribution < -0.4 is 15.5 Å². The third-order valence-electron chi connectivity index (χ3n) is 3.65. The molecule has 2 fully saturated rings. The Kier molecular flexibility index (Phi) is 5.48.